The number of rotatable bonds is 8. The second-order valence-corrected chi connectivity index (χ2v) is 9.57. The van der Waals surface area contributed by atoms with E-state index in [0.717, 1.165) is 16.6 Å². The SMILES string of the molecule is Cc1c(C(=O)c2ccccc2)c2ccccc2n1CCCCS(=O)(=O)c1ccccn1. The van der Waals surface area contributed by atoms with Crippen LogP contribution in [0.3, 0.4) is 0 Å². The van der Waals surface area contributed by atoms with Crippen LogP contribution in [0.25, 0.3) is 10.9 Å². The Balaban J connectivity index is 1.55. The molecule has 2 aromatic carbocycles. The van der Waals surface area contributed by atoms with Gasteiger partial charge in [0.2, 0.25) is 0 Å². The molecule has 0 aliphatic carbocycles. The molecule has 2 heterocycles. The molecule has 2 aromatic heterocycles. The molecule has 4 rings (SSSR count). The van der Waals surface area contributed by atoms with Crippen molar-refractivity contribution in [2.75, 3.05) is 5.75 Å². The number of unbranched alkanes of at least 4 members (excludes halogenated alkanes) is 1. The lowest BCUT2D eigenvalue weighted by Crippen LogP contribution is -2.10. The average Bonchev–Trinajstić information content (AvgIpc) is 3.08. The fourth-order valence-electron chi connectivity index (χ4n) is 3.94. The molecule has 0 saturated heterocycles. The number of ketones is 1. The van der Waals surface area contributed by atoms with Crippen molar-refractivity contribution in [1.29, 1.82) is 0 Å². The monoisotopic (exact) mass is 432 g/mol. The third-order valence-electron chi connectivity index (χ3n) is 5.50. The van der Waals surface area contributed by atoms with Crippen molar-refractivity contribution < 1.29 is 13.2 Å². The summed E-state index contributed by atoms with van der Waals surface area (Å²) in [6.45, 7) is 2.60. The summed E-state index contributed by atoms with van der Waals surface area (Å²) in [5, 5.41) is 1.04. The molecule has 0 radical (unpaired) electrons. The van der Waals surface area contributed by atoms with Crippen LogP contribution in [0.4, 0.5) is 0 Å². The van der Waals surface area contributed by atoms with Gasteiger partial charge >= 0.3 is 0 Å². The largest absolute Gasteiger partial charge is 0.344 e. The first kappa shape index (κ1) is 21.0. The summed E-state index contributed by atoms with van der Waals surface area (Å²) in [7, 11) is -3.39. The topological polar surface area (TPSA) is 69.0 Å². The van der Waals surface area contributed by atoms with Gasteiger partial charge in [0.05, 0.1) is 11.3 Å². The van der Waals surface area contributed by atoms with Gasteiger partial charge in [-0.25, -0.2) is 13.4 Å². The maximum atomic E-state index is 13.2. The Morgan fingerprint density at radius 2 is 1.61 bits per heavy atom. The Kier molecular flexibility index (Phi) is 6.00. The molecule has 0 fully saturated rings. The van der Waals surface area contributed by atoms with Gasteiger partial charge in [0.15, 0.2) is 20.6 Å². The van der Waals surface area contributed by atoms with E-state index in [9.17, 15) is 13.2 Å². The van der Waals surface area contributed by atoms with Crippen LogP contribution in [-0.4, -0.2) is 29.5 Å². The number of hydrogen-bond donors (Lipinski definition) is 0. The highest BCUT2D eigenvalue weighted by Crippen LogP contribution is 2.28. The second kappa shape index (κ2) is 8.86. The molecular formula is C25H24N2O3S. The molecule has 4 aromatic rings. The lowest BCUT2D eigenvalue weighted by Gasteiger charge is -2.09. The highest BCUT2D eigenvalue weighted by molar-refractivity contribution is 7.91. The van der Waals surface area contributed by atoms with Crippen LogP contribution in [0.15, 0.2) is 84.0 Å². The number of aryl methyl sites for hydroxylation is 1. The number of benzene rings is 2. The lowest BCUT2D eigenvalue weighted by atomic mass is 10.0. The van der Waals surface area contributed by atoms with Gasteiger partial charge < -0.3 is 4.57 Å². The number of nitrogens with zero attached hydrogens (tertiary/aromatic N) is 2. The maximum absolute atomic E-state index is 13.2. The number of para-hydroxylation sites is 1. The average molecular weight is 433 g/mol. The summed E-state index contributed by atoms with van der Waals surface area (Å²) in [5.41, 5.74) is 3.27. The van der Waals surface area contributed by atoms with Crippen molar-refractivity contribution in [3.8, 4) is 0 Å². The van der Waals surface area contributed by atoms with Gasteiger partial charge in [-0.3, -0.25) is 4.79 Å². The van der Waals surface area contributed by atoms with Gasteiger partial charge in [-0.05, 0) is 38.0 Å². The zero-order valence-corrected chi connectivity index (χ0v) is 18.2. The number of fused-ring (bicyclic) bond motifs is 1. The fraction of sp³-hybridized carbons (Fsp3) is 0.200. The summed E-state index contributed by atoms with van der Waals surface area (Å²) in [6.07, 6.45) is 2.70. The minimum atomic E-state index is -3.39. The smallest absolute Gasteiger partial charge is 0.195 e. The van der Waals surface area contributed by atoms with Gasteiger partial charge in [-0.1, -0.05) is 54.6 Å². The standard InChI is InChI=1S/C25H24N2O3S/c1-19-24(25(28)20-11-3-2-4-12-20)21-13-5-6-14-22(21)27(19)17-9-10-18-31(29,30)23-15-7-8-16-26-23/h2-8,11-16H,9-10,17-18H2,1H3. The molecule has 158 valence electrons. The fourth-order valence-corrected chi connectivity index (χ4v) is 5.24. The van der Waals surface area contributed by atoms with E-state index in [4.69, 9.17) is 0 Å². The first-order valence-corrected chi connectivity index (χ1v) is 12.0. The molecular weight excluding hydrogens is 408 g/mol. The van der Waals surface area contributed by atoms with Crippen LogP contribution in [0.1, 0.15) is 34.5 Å². The van der Waals surface area contributed by atoms with Crippen LogP contribution in [-0.2, 0) is 16.4 Å². The maximum Gasteiger partial charge on any atom is 0.195 e. The van der Waals surface area contributed by atoms with Gasteiger partial charge in [-0.2, -0.15) is 0 Å². The van der Waals surface area contributed by atoms with Crippen LogP contribution in [0.2, 0.25) is 0 Å². The van der Waals surface area contributed by atoms with Crippen molar-refractivity contribution >= 4 is 26.5 Å². The first-order chi connectivity index (χ1) is 15.0. The van der Waals surface area contributed by atoms with Crippen molar-refractivity contribution in [1.82, 2.24) is 9.55 Å². The number of pyridine rings is 1. The summed E-state index contributed by atoms with van der Waals surface area (Å²) in [4.78, 5) is 17.2. The Morgan fingerprint density at radius 3 is 2.35 bits per heavy atom. The van der Waals surface area contributed by atoms with Crippen LogP contribution < -0.4 is 0 Å². The molecule has 6 heteroatoms. The Labute approximate surface area is 182 Å². The zero-order chi connectivity index (χ0) is 21.8. The van der Waals surface area contributed by atoms with Gasteiger partial charge in [0.1, 0.15) is 0 Å². The summed E-state index contributed by atoms with van der Waals surface area (Å²) in [5.74, 6) is 0.0590. The normalized spacial score (nSPS) is 11.6. The quantitative estimate of drug-likeness (QED) is 0.295. The first-order valence-electron chi connectivity index (χ1n) is 10.3. The van der Waals surface area contributed by atoms with Crippen molar-refractivity contribution in [2.24, 2.45) is 0 Å². The summed E-state index contributed by atoms with van der Waals surface area (Å²) >= 11 is 0. The molecule has 0 spiro atoms. The van der Waals surface area contributed by atoms with Gasteiger partial charge in [0.25, 0.3) is 0 Å². The molecule has 0 atom stereocenters. The molecule has 0 N–H and O–H groups in total. The van der Waals surface area contributed by atoms with Crippen LogP contribution in [0, 0.1) is 6.92 Å². The third-order valence-corrected chi connectivity index (χ3v) is 7.20. The molecule has 0 aliphatic rings. The van der Waals surface area contributed by atoms with Crippen molar-refractivity contribution in [2.45, 2.75) is 31.3 Å². The van der Waals surface area contributed by atoms with Gasteiger partial charge in [0, 0.05) is 34.9 Å². The van der Waals surface area contributed by atoms with Crippen molar-refractivity contribution in [3.63, 3.8) is 0 Å². The van der Waals surface area contributed by atoms with E-state index in [2.05, 4.69) is 9.55 Å². The molecule has 31 heavy (non-hydrogen) atoms. The number of hydrogen-bond acceptors (Lipinski definition) is 4. The molecule has 0 unspecified atom stereocenters. The van der Waals surface area contributed by atoms with E-state index in [1.165, 1.54) is 12.3 Å². The highest BCUT2D eigenvalue weighted by atomic mass is 32.2. The summed E-state index contributed by atoms with van der Waals surface area (Å²) < 4.78 is 27.0. The van der Waals surface area contributed by atoms with E-state index in [-0.39, 0.29) is 16.6 Å². The number of carbonyl (C=O) groups is 1. The second-order valence-electron chi connectivity index (χ2n) is 7.52. The Bertz CT molecular complexity index is 1310. The molecule has 0 aliphatic heterocycles. The molecule has 0 bridgehead atoms. The van der Waals surface area contributed by atoms with Gasteiger partial charge in [-0.15, -0.1) is 0 Å². The van der Waals surface area contributed by atoms with Crippen LogP contribution in [0.5, 0.6) is 0 Å². The van der Waals surface area contributed by atoms with Crippen molar-refractivity contribution in [3.05, 3.63) is 95.8 Å². The predicted octanol–water partition coefficient (Wildman–Crippen LogP) is 4.83. The zero-order valence-electron chi connectivity index (χ0n) is 17.4. The Hall–Kier alpha value is -3.25. The number of carbonyl (C=O) groups excluding carboxylic acids is 1. The number of aromatic nitrogens is 2. The third kappa shape index (κ3) is 4.30. The number of sulfone groups is 1. The molecule has 0 saturated carbocycles. The van der Waals surface area contributed by atoms with E-state index >= 15 is 0 Å². The van der Waals surface area contributed by atoms with E-state index < -0.39 is 9.84 Å². The lowest BCUT2D eigenvalue weighted by molar-refractivity contribution is 0.103. The van der Waals surface area contributed by atoms with E-state index in [1.54, 1.807) is 12.1 Å². The van der Waals surface area contributed by atoms with E-state index in [0.29, 0.717) is 30.5 Å². The Morgan fingerprint density at radius 1 is 0.903 bits per heavy atom. The minimum absolute atomic E-state index is 0.00535. The highest BCUT2D eigenvalue weighted by Gasteiger charge is 2.21. The van der Waals surface area contributed by atoms with E-state index in [1.807, 2.05) is 61.5 Å². The summed E-state index contributed by atoms with van der Waals surface area (Å²) in [6, 6.07) is 22.1. The molecule has 0 amide bonds. The van der Waals surface area contributed by atoms with Crippen LogP contribution >= 0.6 is 0 Å². The molecule has 5 nitrogen and oxygen atoms in total. The predicted molar refractivity (Wildman–Crippen MR) is 122 cm³/mol. The minimum Gasteiger partial charge on any atom is -0.344 e.